The summed E-state index contributed by atoms with van der Waals surface area (Å²) < 4.78 is 12.7. The number of hydrogen-bond acceptors (Lipinski definition) is 4. The van der Waals surface area contributed by atoms with Gasteiger partial charge in [0.15, 0.2) is 0 Å². The fraction of sp³-hybridized carbons (Fsp3) is 0.650. The van der Waals surface area contributed by atoms with Crippen LogP contribution in [-0.4, -0.2) is 54.3 Å². The summed E-state index contributed by atoms with van der Waals surface area (Å²) in [5, 5.41) is 0. The monoisotopic (exact) mass is 424 g/mol. The van der Waals surface area contributed by atoms with Gasteiger partial charge in [-0.05, 0) is 70.3 Å². The van der Waals surface area contributed by atoms with Crippen molar-refractivity contribution in [3.63, 3.8) is 0 Å². The summed E-state index contributed by atoms with van der Waals surface area (Å²) in [5.74, 6) is 0.927. The zero-order valence-corrected chi connectivity index (χ0v) is 17.8. The lowest BCUT2D eigenvalue weighted by atomic mass is 9.99. The largest absolute Gasteiger partial charge is 0.490 e. The van der Waals surface area contributed by atoms with E-state index in [4.69, 9.17) is 9.47 Å². The van der Waals surface area contributed by atoms with Crippen molar-refractivity contribution in [3.05, 3.63) is 27.7 Å². The molecule has 1 saturated heterocycles. The second kappa shape index (κ2) is 7.77. The Morgan fingerprint density at radius 3 is 2.54 bits per heavy atom. The topological polar surface area (TPSA) is 42.0 Å². The van der Waals surface area contributed by atoms with E-state index in [0.29, 0.717) is 13.1 Å². The number of carbonyl (C=O) groups excluding carboxylic acids is 1. The van der Waals surface area contributed by atoms with Crippen LogP contribution in [0.25, 0.3) is 0 Å². The first-order chi connectivity index (χ1) is 12.2. The van der Waals surface area contributed by atoms with Crippen molar-refractivity contribution in [2.24, 2.45) is 0 Å². The molecule has 1 fully saturated rings. The number of piperidine rings is 1. The zero-order chi connectivity index (χ0) is 18.9. The molecule has 6 heteroatoms. The normalized spacial score (nSPS) is 19.2. The number of nitrogens with zero attached hydrogens (tertiary/aromatic N) is 2. The average molecular weight is 425 g/mol. The van der Waals surface area contributed by atoms with Gasteiger partial charge in [-0.25, -0.2) is 4.79 Å². The van der Waals surface area contributed by atoms with E-state index in [1.165, 1.54) is 5.56 Å². The number of carbonyl (C=O) groups is 1. The van der Waals surface area contributed by atoms with Gasteiger partial charge >= 0.3 is 6.09 Å². The second-order valence-corrected chi connectivity index (χ2v) is 9.17. The molecule has 5 nitrogen and oxygen atoms in total. The van der Waals surface area contributed by atoms with E-state index in [2.05, 4.69) is 33.9 Å². The van der Waals surface area contributed by atoms with E-state index >= 15 is 0 Å². The first-order valence-electron chi connectivity index (χ1n) is 9.36. The Morgan fingerprint density at radius 1 is 1.19 bits per heavy atom. The minimum absolute atomic E-state index is 0.248. The molecule has 1 aromatic carbocycles. The molecule has 0 unspecified atom stereocenters. The molecule has 0 aliphatic carbocycles. The van der Waals surface area contributed by atoms with E-state index in [1.807, 2.05) is 26.8 Å². The molecule has 144 valence electrons. The van der Waals surface area contributed by atoms with Gasteiger partial charge in [0.1, 0.15) is 17.5 Å². The molecule has 0 radical (unpaired) electrons. The van der Waals surface area contributed by atoms with E-state index in [1.54, 1.807) is 4.90 Å². The summed E-state index contributed by atoms with van der Waals surface area (Å²) in [6.45, 7) is 9.09. The van der Waals surface area contributed by atoms with Gasteiger partial charge in [-0.3, -0.25) is 0 Å². The lowest BCUT2D eigenvalue weighted by molar-refractivity contribution is 0.0223. The molecule has 2 aliphatic rings. The summed E-state index contributed by atoms with van der Waals surface area (Å²) in [6.07, 6.45) is 2.99. The zero-order valence-electron chi connectivity index (χ0n) is 16.2. The first kappa shape index (κ1) is 19.5. The average Bonchev–Trinajstić information content (AvgIpc) is 2.55. The quantitative estimate of drug-likeness (QED) is 0.712. The van der Waals surface area contributed by atoms with Crippen molar-refractivity contribution in [1.82, 2.24) is 9.80 Å². The smallest absolute Gasteiger partial charge is 0.410 e. The summed E-state index contributed by atoms with van der Waals surface area (Å²) in [6, 6.07) is 4.18. The Bertz CT molecular complexity index is 664. The Morgan fingerprint density at radius 2 is 1.88 bits per heavy atom. The number of ether oxygens (including phenoxy) is 2. The highest BCUT2D eigenvalue weighted by Crippen LogP contribution is 2.33. The van der Waals surface area contributed by atoms with Crippen LogP contribution >= 0.6 is 15.9 Å². The van der Waals surface area contributed by atoms with E-state index in [0.717, 1.165) is 48.1 Å². The SMILES string of the molecule is CN1CCC(Oc2cc(Br)c3c(c2)CCN(C(=O)OC(C)(C)C)C3)CC1. The molecule has 26 heavy (non-hydrogen) atoms. The molecule has 2 heterocycles. The van der Waals surface area contributed by atoms with Gasteiger partial charge < -0.3 is 19.3 Å². The van der Waals surface area contributed by atoms with Gasteiger partial charge in [0.2, 0.25) is 0 Å². The van der Waals surface area contributed by atoms with Gasteiger partial charge in [-0.2, -0.15) is 0 Å². The molecule has 0 saturated carbocycles. The van der Waals surface area contributed by atoms with Crippen molar-refractivity contribution < 1.29 is 14.3 Å². The number of likely N-dealkylation sites (tertiary alicyclic amines) is 1. The number of amides is 1. The van der Waals surface area contributed by atoms with Crippen LogP contribution in [0, 0.1) is 0 Å². The minimum Gasteiger partial charge on any atom is -0.490 e. The lowest BCUT2D eigenvalue weighted by Gasteiger charge is -2.32. The second-order valence-electron chi connectivity index (χ2n) is 8.32. The molecule has 0 bridgehead atoms. The standard InChI is InChI=1S/C20H29BrN2O3/c1-20(2,3)26-19(24)23-10-5-14-11-16(12-18(21)17(14)13-23)25-15-6-8-22(4)9-7-15/h11-12,15H,5-10,13H2,1-4H3. The van der Waals surface area contributed by atoms with Crippen molar-refractivity contribution >= 4 is 22.0 Å². The number of benzene rings is 1. The fourth-order valence-electron chi connectivity index (χ4n) is 3.44. The van der Waals surface area contributed by atoms with E-state index in [-0.39, 0.29) is 12.2 Å². The van der Waals surface area contributed by atoms with Crippen molar-refractivity contribution in [2.45, 2.75) is 58.3 Å². The van der Waals surface area contributed by atoms with Crippen LogP contribution in [0.1, 0.15) is 44.7 Å². The van der Waals surface area contributed by atoms with Crippen molar-refractivity contribution in [2.75, 3.05) is 26.7 Å². The maximum atomic E-state index is 12.4. The van der Waals surface area contributed by atoms with E-state index in [9.17, 15) is 4.79 Å². The molecule has 0 aromatic heterocycles. The lowest BCUT2D eigenvalue weighted by Crippen LogP contribution is -2.40. The number of halogens is 1. The van der Waals surface area contributed by atoms with Crippen molar-refractivity contribution in [1.29, 1.82) is 0 Å². The number of hydrogen-bond donors (Lipinski definition) is 0. The van der Waals surface area contributed by atoms with Crippen LogP contribution in [0.5, 0.6) is 5.75 Å². The molecule has 0 N–H and O–H groups in total. The van der Waals surface area contributed by atoms with Crippen LogP contribution in [0.4, 0.5) is 4.79 Å². The molecule has 1 aromatic rings. The molecule has 2 aliphatic heterocycles. The van der Waals surface area contributed by atoms with Crippen LogP contribution < -0.4 is 4.74 Å². The third kappa shape index (κ3) is 4.92. The maximum Gasteiger partial charge on any atom is 0.410 e. The Balaban J connectivity index is 1.67. The van der Waals surface area contributed by atoms with Gasteiger partial charge in [0.25, 0.3) is 0 Å². The highest BCUT2D eigenvalue weighted by atomic mass is 79.9. The summed E-state index contributed by atoms with van der Waals surface area (Å²) in [5.41, 5.74) is 1.93. The summed E-state index contributed by atoms with van der Waals surface area (Å²) >= 11 is 3.68. The minimum atomic E-state index is -0.472. The third-order valence-corrected chi connectivity index (χ3v) is 5.59. The molecule has 0 spiro atoms. The maximum absolute atomic E-state index is 12.4. The van der Waals surface area contributed by atoms with Crippen LogP contribution in [0.3, 0.4) is 0 Å². The Hall–Kier alpha value is -1.27. The first-order valence-corrected chi connectivity index (χ1v) is 10.1. The van der Waals surface area contributed by atoms with Gasteiger partial charge in [-0.15, -0.1) is 0 Å². The number of rotatable bonds is 2. The van der Waals surface area contributed by atoms with Gasteiger partial charge in [0.05, 0.1) is 6.54 Å². The Kier molecular flexibility index (Phi) is 5.82. The molecule has 1 amide bonds. The predicted molar refractivity (Wildman–Crippen MR) is 106 cm³/mol. The summed E-state index contributed by atoms with van der Waals surface area (Å²) in [7, 11) is 2.15. The van der Waals surface area contributed by atoms with Gasteiger partial charge in [0, 0.05) is 24.1 Å². The van der Waals surface area contributed by atoms with Crippen molar-refractivity contribution in [3.8, 4) is 5.75 Å². The molecular formula is C20H29BrN2O3. The van der Waals surface area contributed by atoms with Crippen LogP contribution in [-0.2, 0) is 17.7 Å². The summed E-state index contributed by atoms with van der Waals surface area (Å²) in [4.78, 5) is 16.5. The Labute approximate surface area is 164 Å². The third-order valence-electron chi connectivity index (χ3n) is 4.88. The highest BCUT2D eigenvalue weighted by molar-refractivity contribution is 9.10. The molecular weight excluding hydrogens is 396 g/mol. The number of fused-ring (bicyclic) bond motifs is 1. The predicted octanol–water partition coefficient (Wildman–Crippen LogP) is 4.22. The van der Waals surface area contributed by atoms with Crippen LogP contribution in [0.15, 0.2) is 16.6 Å². The fourth-order valence-corrected chi connectivity index (χ4v) is 4.04. The van der Waals surface area contributed by atoms with E-state index < -0.39 is 5.60 Å². The van der Waals surface area contributed by atoms with Gasteiger partial charge in [-0.1, -0.05) is 15.9 Å². The molecule has 3 rings (SSSR count). The highest BCUT2D eigenvalue weighted by Gasteiger charge is 2.27. The van der Waals surface area contributed by atoms with Crippen LogP contribution in [0.2, 0.25) is 0 Å². The molecule has 0 atom stereocenters.